The van der Waals surface area contributed by atoms with Gasteiger partial charge in [0.05, 0.1) is 0 Å². The van der Waals surface area contributed by atoms with Gasteiger partial charge in [-0.2, -0.15) is 13.2 Å². The molecule has 2 aromatic heterocycles. The van der Waals surface area contributed by atoms with Gasteiger partial charge in [0.25, 0.3) is 0 Å². The van der Waals surface area contributed by atoms with Crippen LogP contribution in [0.25, 0.3) is 10.9 Å². The number of hydrogen-bond acceptors (Lipinski definition) is 3. The molecule has 170 valence electrons. The fraction of sp³-hybridized carbons (Fsp3) is 0.217. The summed E-state index contributed by atoms with van der Waals surface area (Å²) in [4.78, 5) is 12.2. The minimum absolute atomic E-state index is 0.0906. The molecule has 0 aliphatic carbocycles. The quantitative estimate of drug-likeness (QED) is 0.380. The van der Waals surface area contributed by atoms with Crippen LogP contribution in [-0.4, -0.2) is 21.5 Å². The number of anilines is 1. The summed E-state index contributed by atoms with van der Waals surface area (Å²) < 4.78 is 83.3. The number of hydrogen-bond donors (Lipinski definition) is 1. The third kappa shape index (κ3) is 3.49. The summed E-state index contributed by atoms with van der Waals surface area (Å²) in [5.74, 6) is -2.90. The number of alkyl halides is 3. The van der Waals surface area contributed by atoms with Crippen molar-refractivity contribution in [3.63, 3.8) is 0 Å². The van der Waals surface area contributed by atoms with E-state index in [0.29, 0.717) is 28.6 Å². The second kappa shape index (κ2) is 7.50. The Labute approximate surface area is 183 Å². The van der Waals surface area contributed by atoms with Crippen LogP contribution < -0.4 is 4.90 Å². The van der Waals surface area contributed by atoms with Gasteiger partial charge in [-0.25, -0.2) is 23.1 Å². The highest BCUT2D eigenvalue weighted by atomic mass is 19.4. The molecule has 0 fully saturated rings. The molecule has 0 amide bonds. The zero-order valence-corrected chi connectivity index (χ0v) is 17.1. The molecule has 4 nitrogen and oxygen atoms in total. The molecule has 1 N–H and O–H groups in total. The number of H-pyrrole nitrogens is 1. The number of halogens is 6. The number of aryl methyl sites for hydroxylation is 1. The van der Waals surface area contributed by atoms with Crippen molar-refractivity contribution in [1.82, 2.24) is 15.0 Å². The van der Waals surface area contributed by atoms with Crippen molar-refractivity contribution >= 4 is 16.9 Å². The lowest BCUT2D eigenvalue weighted by Crippen LogP contribution is -2.38. The molecule has 1 atom stereocenters. The van der Waals surface area contributed by atoms with Crippen LogP contribution in [0.15, 0.2) is 42.6 Å². The van der Waals surface area contributed by atoms with Crippen molar-refractivity contribution in [3.8, 4) is 0 Å². The van der Waals surface area contributed by atoms with E-state index in [1.165, 1.54) is 42.2 Å². The van der Waals surface area contributed by atoms with E-state index in [-0.39, 0.29) is 23.6 Å². The van der Waals surface area contributed by atoms with Gasteiger partial charge >= 0.3 is 6.18 Å². The zero-order valence-electron chi connectivity index (χ0n) is 17.1. The van der Waals surface area contributed by atoms with E-state index in [4.69, 9.17) is 0 Å². The SMILES string of the molecule is Cc1ccc(C2c3[nH]c4ccc(F)cc4c3CCN2c2nccc(C(F)(F)F)n2)c(F)c1F. The van der Waals surface area contributed by atoms with E-state index in [1.54, 1.807) is 0 Å². The molecule has 33 heavy (non-hydrogen) atoms. The molecule has 10 heteroatoms. The van der Waals surface area contributed by atoms with Crippen molar-refractivity contribution < 1.29 is 26.3 Å². The number of aromatic nitrogens is 3. The molecule has 1 aliphatic heterocycles. The van der Waals surface area contributed by atoms with Gasteiger partial charge in [-0.1, -0.05) is 12.1 Å². The fourth-order valence-electron chi connectivity index (χ4n) is 4.32. The Hall–Kier alpha value is -3.56. The minimum Gasteiger partial charge on any atom is -0.356 e. The number of fused-ring (bicyclic) bond motifs is 3. The molecular weight excluding hydrogens is 446 g/mol. The first-order valence-corrected chi connectivity index (χ1v) is 10.1. The standard InChI is InChI=1S/C23H16F6N4/c1-11-2-4-14(19(26)18(11)25)21-20-13(15-10-12(24)3-5-16(15)31-20)7-9-33(21)22-30-8-6-17(32-22)23(27,28)29/h2-6,8,10,21,31H,7,9H2,1H3. The first-order chi connectivity index (χ1) is 15.6. The van der Waals surface area contributed by atoms with E-state index in [1.807, 2.05) is 0 Å². The number of aromatic amines is 1. The Morgan fingerprint density at radius 1 is 1.03 bits per heavy atom. The van der Waals surface area contributed by atoms with E-state index in [0.717, 1.165) is 12.3 Å². The predicted octanol–water partition coefficient (Wildman–Crippen LogP) is 5.85. The Kier molecular flexibility index (Phi) is 4.84. The maximum atomic E-state index is 15.1. The average molecular weight is 462 g/mol. The third-order valence-corrected chi connectivity index (χ3v) is 5.88. The topological polar surface area (TPSA) is 44.8 Å². The second-order valence-electron chi connectivity index (χ2n) is 7.89. The first-order valence-electron chi connectivity index (χ1n) is 10.1. The van der Waals surface area contributed by atoms with Crippen LogP contribution in [0.1, 0.15) is 34.1 Å². The average Bonchev–Trinajstić information content (AvgIpc) is 3.15. The molecule has 1 aliphatic rings. The van der Waals surface area contributed by atoms with Gasteiger partial charge in [0, 0.05) is 34.9 Å². The molecule has 0 bridgehead atoms. The Bertz CT molecular complexity index is 1380. The lowest BCUT2D eigenvalue weighted by Gasteiger charge is -2.36. The normalized spacial score (nSPS) is 16.3. The van der Waals surface area contributed by atoms with E-state index >= 15 is 4.39 Å². The second-order valence-corrected chi connectivity index (χ2v) is 7.89. The van der Waals surface area contributed by atoms with Crippen LogP contribution in [0.5, 0.6) is 0 Å². The third-order valence-electron chi connectivity index (χ3n) is 5.88. The van der Waals surface area contributed by atoms with E-state index in [2.05, 4.69) is 15.0 Å². The van der Waals surface area contributed by atoms with Crippen LogP contribution in [0.3, 0.4) is 0 Å². The van der Waals surface area contributed by atoms with Gasteiger partial charge in [0.15, 0.2) is 11.6 Å². The highest BCUT2D eigenvalue weighted by Crippen LogP contribution is 2.41. The smallest absolute Gasteiger partial charge is 0.356 e. The highest BCUT2D eigenvalue weighted by molar-refractivity contribution is 5.86. The summed E-state index contributed by atoms with van der Waals surface area (Å²) in [6, 6.07) is 6.60. The molecule has 3 heterocycles. The molecule has 1 unspecified atom stereocenters. The zero-order chi connectivity index (χ0) is 23.5. The number of nitrogens with one attached hydrogen (secondary N) is 1. The van der Waals surface area contributed by atoms with Gasteiger partial charge in [0.1, 0.15) is 17.6 Å². The largest absolute Gasteiger partial charge is 0.433 e. The van der Waals surface area contributed by atoms with E-state index in [9.17, 15) is 22.0 Å². The molecular formula is C23H16F6N4. The Morgan fingerprint density at radius 3 is 2.58 bits per heavy atom. The van der Waals surface area contributed by atoms with Gasteiger partial charge < -0.3 is 9.88 Å². The van der Waals surface area contributed by atoms with Crippen molar-refractivity contribution in [1.29, 1.82) is 0 Å². The molecule has 0 radical (unpaired) electrons. The van der Waals surface area contributed by atoms with Crippen LogP contribution in [-0.2, 0) is 12.6 Å². The van der Waals surface area contributed by atoms with Gasteiger partial charge in [-0.3, -0.25) is 0 Å². The van der Waals surface area contributed by atoms with Gasteiger partial charge in [-0.05, 0) is 48.7 Å². The summed E-state index contributed by atoms with van der Waals surface area (Å²) in [7, 11) is 0. The fourth-order valence-corrected chi connectivity index (χ4v) is 4.32. The molecule has 2 aromatic carbocycles. The summed E-state index contributed by atoms with van der Waals surface area (Å²) in [6.45, 7) is 1.52. The molecule has 4 aromatic rings. The van der Waals surface area contributed by atoms with Crippen molar-refractivity contribution in [2.24, 2.45) is 0 Å². The molecule has 0 spiro atoms. The van der Waals surface area contributed by atoms with Crippen molar-refractivity contribution in [2.45, 2.75) is 25.6 Å². The van der Waals surface area contributed by atoms with Crippen LogP contribution in [0.2, 0.25) is 0 Å². The minimum atomic E-state index is -4.70. The predicted molar refractivity (Wildman–Crippen MR) is 109 cm³/mol. The van der Waals surface area contributed by atoms with Gasteiger partial charge in [0.2, 0.25) is 5.95 Å². The van der Waals surface area contributed by atoms with Gasteiger partial charge in [-0.15, -0.1) is 0 Å². The summed E-state index contributed by atoms with van der Waals surface area (Å²) in [5.41, 5.74) is 0.528. The maximum absolute atomic E-state index is 15.1. The number of rotatable bonds is 2. The van der Waals surface area contributed by atoms with Crippen LogP contribution >= 0.6 is 0 Å². The Balaban J connectivity index is 1.74. The number of nitrogens with zero attached hydrogens (tertiary/aromatic N) is 3. The van der Waals surface area contributed by atoms with Crippen LogP contribution in [0.4, 0.5) is 32.3 Å². The van der Waals surface area contributed by atoms with Crippen molar-refractivity contribution in [3.05, 3.63) is 88.1 Å². The summed E-state index contributed by atoms with van der Waals surface area (Å²) in [5, 5.41) is 0.576. The lowest BCUT2D eigenvalue weighted by molar-refractivity contribution is -0.141. The maximum Gasteiger partial charge on any atom is 0.433 e. The number of benzene rings is 2. The monoisotopic (exact) mass is 462 g/mol. The van der Waals surface area contributed by atoms with E-state index < -0.39 is 35.4 Å². The lowest BCUT2D eigenvalue weighted by atomic mass is 9.91. The summed E-state index contributed by atoms with van der Waals surface area (Å²) in [6.07, 6.45) is -3.41. The molecule has 5 rings (SSSR count). The van der Waals surface area contributed by atoms with Crippen LogP contribution in [0, 0.1) is 24.4 Å². The molecule has 0 saturated heterocycles. The summed E-state index contributed by atoms with van der Waals surface area (Å²) >= 11 is 0. The highest BCUT2D eigenvalue weighted by Gasteiger charge is 2.38. The van der Waals surface area contributed by atoms with Crippen molar-refractivity contribution in [2.75, 3.05) is 11.4 Å². The Morgan fingerprint density at radius 2 is 1.82 bits per heavy atom. The first kappa shape index (κ1) is 21.3. The molecule has 0 saturated carbocycles.